The van der Waals surface area contributed by atoms with Crippen LogP contribution in [0.25, 0.3) is 0 Å². The monoisotopic (exact) mass is 490 g/mol. The van der Waals surface area contributed by atoms with E-state index in [2.05, 4.69) is 52.4 Å². The average Bonchev–Trinajstić information content (AvgIpc) is 2.76. The molecule has 2 aromatic carbocycles. The van der Waals surface area contributed by atoms with Gasteiger partial charge in [0.1, 0.15) is 6.04 Å². The number of carbonyl (C=O) groups excluding carboxylic acids is 2. The van der Waals surface area contributed by atoms with Crippen LogP contribution in [0.5, 0.6) is 0 Å². The van der Waals surface area contributed by atoms with Crippen LogP contribution in [0.3, 0.4) is 0 Å². The SMILES string of the molecule is CCCCNC(=O)[C@@H](C)N(CCc1ccccc1)C(=O)CSCc1ccc(Br)cc1. The second kappa shape index (κ2) is 13.5. The van der Waals surface area contributed by atoms with Gasteiger partial charge in [-0.05, 0) is 43.0 Å². The summed E-state index contributed by atoms with van der Waals surface area (Å²) in [5.41, 5.74) is 2.34. The summed E-state index contributed by atoms with van der Waals surface area (Å²) in [6.07, 6.45) is 2.70. The van der Waals surface area contributed by atoms with Gasteiger partial charge in [0.25, 0.3) is 0 Å². The molecular formula is C24H31BrN2O2S. The van der Waals surface area contributed by atoms with Gasteiger partial charge in [0, 0.05) is 23.3 Å². The number of benzene rings is 2. The minimum atomic E-state index is -0.480. The van der Waals surface area contributed by atoms with Crippen LogP contribution in [0, 0.1) is 0 Å². The van der Waals surface area contributed by atoms with E-state index in [1.54, 1.807) is 16.7 Å². The van der Waals surface area contributed by atoms with E-state index in [4.69, 9.17) is 0 Å². The topological polar surface area (TPSA) is 49.4 Å². The molecule has 0 saturated heterocycles. The maximum Gasteiger partial charge on any atom is 0.242 e. The highest BCUT2D eigenvalue weighted by molar-refractivity contribution is 9.10. The number of nitrogens with zero attached hydrogens (tertiary/aromatic N) is 1. The van der Waals surface area contributed by atoms with Crippen molar-refractivity contribution in [1.82, 2.24) is 10.2 Å². The fourth-order valence-electron chi connectivity index (χ4n) is 3.03. The molecule has 0 saturated carbocycles. The first kappa shape index (κ1) is 24.5. The van der Waals surface area contributed by atoms with Gasteiger partial charge in [-0.15, -0.1) is 11.8 Å². The summed E-state index contributed by atoms with van der Waals surface area (Å²) in [5.74, 6) is 1.05. The molecule has 0 aromatic heterocycles. The lowest BCUT2D eigenvalue weighted by Crippen LogP contribution is -2.49. The van der Waals surface area contributed by atoms with Gasteiger partial charge in [0.15, 0.2) is 0 Å². The van der Waals surface area contributed by atoms with Crippen molar-refractivity contribution in [3.63, 3.8) is 0 Å². The van der Waals surface area contributed by atoms with Crippen LogP contribution in [-0.2, 0) is 21.8 Å². The molecule has 0 aliphatic rings. The van der Waals surface area contributed by atoms with Crippen molar-refractivity contribution >= 4 is 39.5 Å². The molecular weight excluding hydrogens is 460 g/mol. The molecule has 2 amide bonds. The summed E-state index contributed by atoms with van der Waals surface area (Å²) in [4.78, 5) is 27.3. The van der Waals surface area contributed by atoms with Crippen molar-refractivity contribution in [2.24, 2.45) is 0 Å². The van der Waals surface area contributed by atoms with Gasteiger partial charge in [-0.25, -0.2) is 0 Å². The summed E-state index contributed by atoms with van der Waals surface area (Å²) in [6.45, 7) is 5.10. The number of hydrogen-bond acceptors (Lipinski definition) is 3. The van der Waals surface area contributed by atoms with E-state index in [9.17, 15) is 9.59 Å². The Hall–Kier alpha value is -1.79. The second-order valence-electron chi connectivity index (χ2n) is 7.26. The molecule has 0 aliphatic heterocycles. The van der Waals surface area contributed by atoms with Gasteiger partial charge in [-0.3, -0.25) is 9.59 Å². The Morgan fingerprint density at radius 2 is 1.77 bits per heavy atom. The summed E-state index contributed by atoms with van der Waals surface area (Å²) in [7, 11) is 0. The Balaban J connectivity index is 1.96. The third-order valence-corrected chi connectivity index (χ3v) is 6.41. The average molecular weight is 491 g/mol. The third-order valence-electron chi connectivity index (χ3n) is 4.89. The number of unbranched alkanes of at least 4 members (excludes halogenated alkanes) is 1. The van der Waals surface area contributed by atoms with E-state index in [-0.39, 0.29) is 11.8 Å². The van der Waals surface area contributed by atoms with Gasteiger partial charge in [-0.2, -0.15) is 0 Å². The van der Waals surface area contributed by atoms with Crippen molar-refractivity contribution in [3.8, 4) is 0 Å². The Morgan fingerprint density at radius 3 is 2.43 bits per heavy atom. The van der Waals surface area contributed by atoms with Crippen molar-refractivity contribution in [2.75, 3.05) is 18.8 Å². The lowest BCUT2D eigenvalue weighted by molar-refractivity contribution is -0.137. The molecule has 2 rings (SSSR count). The summed E-state index contributed by atoms with van der Waals surface area (Å²) in [6, 6.07) is 17.7. The molecule has 162 valence electrons. The smallest absolute Gasteiger partial charge is 0.242 e. The highest BCUT2D eigenvalue weighted by Crippen LogP contribution is 2.17. The minimum Gasteiger partial charge on any atom is -0.354 e. The number of nitrogens with one attached hydrogen (secondary N) is 1. The maximum absolute atomic E-state index is 13.0. The molecule has 6 heteroatoms. The van der Waals surface area contributed by atoms with Gasteiger partial charge in [0.05, 0.1) is 5.75 Å². The van der Waals surface area contributed by atoms with Crippen molar-refractivity contribution in [2.45, 2.75) is 44.9 Å². The molecule has 0 aliphatic carbocycles. The third kappa shape index (κ3) is 8.52. The summed E-state index contributed by atoms with van der Waals surface area (Å²) in [5, 5.41) is 2.96. The highest BCUT2D eigenvalue weighted by Gasteiger charge is 2.25. The fourth-order valence-corrected chi connectivity index (χ4v) is 4.16. The molecule has 0 fully saturated rings. The fraction of sp³-hybridized carbons (Fsp3) is 0.417. The van der Waals surface area contributed by atoms with Gasteiger partial charge >= 0.3 is 0 Å². The largest absolute Gasteiger partial charge is 0.354 e. The van der Waals surface area contributed by atoms with Gasteiger partial charge < -0.3 is 10.2 Å². The van der Waals surface area contributed by atoms with Crippen molar-refractivity contribution < 1.29 is 9.59 Å². The van der Waals surface area contributed by atoms with Crippen molar-refractivity contribution in [3.05, 3.63) is 70.2 Å². The van der Waals surface area contributed by atoms with E-state index in [1.165, 1.54) is 5.56 Å². The maximum atomic E-state index is 13.0. The van der Waals surface area contributed by atoms with E-state index in [0.29, 0.717) is 18.8 Å². The Labute approximate surface area is 192 Å². The standard InChI is InChI=1S/C24H31BrN2O2S/c1-3-4-15-26-24(29)19(2)27(16-14-20-8-6-5-7-9-20)23(28)18-30-17-21-10-12-22(25)13-11-21/h5-13,19H,3-4,14-18H2,1-2H3,(H,26,29)/t19-/m1/s1. The van der Waals surface area contributed by atoms with Crippen LogP contribution in [0.2, 0.25) is 0 Å². The molecule has 0 unspecified atom stereocenters. The molecule has 0 bridgehead atoms. The molecule has 1 N–H and O–H groups in total. The normalized spacial score (nSPS) is 11.7. The first-order valence-electron chi connectivity index (χ1n) is 10.4. The van der Waals surface area contributed by atoms with E-state index in [0.717, 1.165) is 35.1 Å². The first-order chi connectivity index (χ1) is 14.5. The Kier molecular flexibility index (Phi) is 11.0. The van der Waals surface area contributed by atoms with Gasteiger partial charge in [0.2, 0.25) is 11.8 Å². The second-order valence-corrected chi connectivity index (χ2v) is 9.16. The van der Waals surface area contributed by atoms with Crippen LogP contribution in [-0.4, -0.2) is 41.6 Å². The van der Waals surface area contributed by atoms with Crippen LogP contribution < -0.4 is 5.32 Å². The zero-order valence-electron chi connectivity index (χ0n) is 17.8. The zero-order valence-corrected chi connectivity index (χ0v) is 20.2. The summed E-state index contributed by atoms with van der Waals surface area (Å²) >= 11 is 5.02. The van der Waals surface area contributed by atoms with Crippen LogP contribution >= 0.6 is 27.7 Å². The number of amides is 2. The Morgan fingerprint density at radius 1 is 1.07 bits per heavy atom. The number of hydrogen-bond donors (Lipinski definition) is 1. The Bertz CT molecular complexity index is 784. The lowest BCUT2D eigenvalue weighted by Gasteiger charge is -2.28. The van der Waals surface area contributed by atoms with Crippen LogP contribution in [0.4, 0.5) is 0 Å². The molecule has 0 heterocycles. The van der Waals surface area contributed by atoms with Crippen LogP contribution in [0.15, 0.2) is 59.1 Å². The number of carbonyl (C=O) groups is 2. The molecule has 0 radical (unpaired) electrons. The van der Waals surface area contributed by atoms with Gasteiger partial charge in [-0.1, -0.05) is 71.7 Å². The zero-order chi connectivity index (χ0) is 21.8. The molecule has 30 heavy (non-hydrogen) atoms. The van der Waals surface area contributed by atoms with E-state index >= 15 is 0 Å². The number of rotatable bonds is 12. The first-order valence-corrected chi connectivity index (χ1v) is 12.4. The number of thioether (sulfide) groups is 1. The molecule has 4 nitrogen and oxygen atoms in total. The van der Waals surface area contributed by atoms with Crippen molar-refractivity contribution in [1.29, 1.82) is 0 Å². The quantitative estimate of drug-likeness (QED) is 0.423. The predicted octanol–water partition coefficient (Wildman–Crippen LogP) is 5.06. The molecule has 1 atom stereocenters. The van der Waals surface area contributed by atoms with E-state index < -0.39 is 6.04 Å². The predicted molar refractivity (Wildman–Crippen MR) is 130 cm³/mol. The summed E-state index contributed by atoms with van der Waals surface area (Å²) < 4.78 is 1.04. The molecule has 0 spiro atoms. The lowest BCUT2D eigenvalue weighted by atomic mass is 10.1. The molecule has 2 aromatic rings. The number of halogens is 1. The highest BCUT2D eigenvalue weighted by atomic mass is 79.9. The van der Waals surface area contributed by atoms with Crippen LogP contribution in [0.1, 0.15) is 37.8 Å². The van der Waals surface area contributed by atoms with E-state index in [1.807, 2.05) is 37.3 Å². The minimum absolute atomic E-state index is 0.00573.